The summed E-state index contributed by atoms with van der Waals surface area (Å²) < 4.78 is 2.48. The predicted molar refractivity (Wildman–Crippen MR) is 79.2 cm³/mol. The van der Waals surface area contributed by atoms with E-state index < -0.39 is 5.97 Å². The summed E-state index contributed by atoms with van der Waals surface area (Å²) in [5.41, 5.74) is 0.806. The van der Waals surface area contributed by atoms with Gasteiger partial charge in [-0.25, -0.2) is 4.79 Å². The Morgan fingerprint density at radius 3 is 2.75 bits per heavy atom. The number of anilines is 1. The molecule has 0 saturated heterocycles. The van der Waals surface area contributed by atoms with Gasteiger partial charge in [-0.2, -0.15) is 0 Å². The molecular weight excluding hydrogens is 324 g/mol. The molecule has 0 unspecified atom stereocenters. The van der Waals surface area contributed by atoms with E-state index in [9.17, 15) is 9.59 Å². The monoisotopic (exact) mass is 336 g/mol. The molecule has 0 bridgehead atoms. The van der Waals surface area contributed by atoms with Crippen LogP contribution in [0.5, 0.6) is 0 Å². The van der Waals surface area contributed by atoms with Gasteiger partial charge in [0.05, 0.1) is 11.3 Å². The van der Waals surface area contributed by atoms with Crippen LogP contribution in [0.2, 0.25) is 0 Å². The molecule has 1 heterocycles. The largest absolute Gasteiger partial charge is 0.478 e. The lowest BCUT2D eigenvalue weighted by Crippen LogP contribution is -2.18. The number of carbonyl (C=O) groups excluding carboxylic acids is 1. The van der Waals surface area contributed by atoms with Gasteiger partial charge in [0.25, 0.3) is 5.91 Å². The molecule has 2 aromatic rings. The van der Waals surface area contributed by atoms with E-state index in [1.54, 1.807) is 35.0 Å². The van der Waals surface area contributed by atoms with Crippen molar-refractivity contribution in [1.29, 1.82) is 0 Å². The number of aryl methyl sites for hydroxylation is 1. The number of amides is 1. The number of hydrogen-bond donors (Lipinski definition) is 2. The molecule has 2 N–H and O–H groups in total. The van der Waals surface area contributed by atoms with E-state index in [4.69, 9.17) is 5.11 Å². The second-order valence-electron chi connectivity index (χ2n) is 4.13. The smallest absolute Gasteiger partial charge is 0.337 e. The Balaban J connectivity index is 2.32. The fourth-order valence-corrected chi connectivity index (χ4v) is 2.25. The van der Waals surface area contributed by atoms with E-state index in [2.05, 4.69) is 21.2 Å². The molecule has 6 heteroatoms. The Labute approximate surface area is 124 Å². The molecule has 1 amide bonds. The Morgan fingerprint density at radius 2 is 2.10 bits per heavy atom. The fraction of sp³-hybridized carbons (Fsp3) is 0.143. The van der Waals surface area contributed by atoms with Crippen molar-refractivity contribution in [2.45, 2.75) is 13.5 Å². The SMILES string of the molecule is CCn1cccc1C(=O)Nc1cc(Br)ccc1C(=O)O. The lowest BCUT2D eigenvalue weighted by molar-refractivity contribution is 0.0698. The van der Waals surface area contributed by atoms with Gasteiger partial charge in [0.1, 0.15) is 5.69 Å². The van der Waals surface area contributed by atoms with Crippen molar-refractivity contribution < 1.29 is 14.7 Å². The Morgan fingerprint density at radius 1 is 1.35 bits per heavy atom. The number of halogens is 1. The lowest BCUT2D eigenvalue weighted by Gasteiger charge is -2.10. The van der Waals surface area contributed by atoms with Crippen LogP contribution in [0.3, 0.4) is 0 Å². The van der Waals surface area contributed by atoms with Crippen LogP contribution < -0.4 is 5.32 Å². The van der Waals surface area contributed by atoms with Crippen molar-refractivity contribution in [1.82, 2.24) is 4.57 Å². The predicted octanol–water partition coefficient (Wildman–Crippen LogP) is 3.22. The van der Waals surface area contributed by atoms with Gasteiger partial charge in [-0.1, -0.05) is 15.9 Å². The maximum absolute atomic E-state index is 12.2. The zero-order chi connectivity index (χ0) is 14.7. The Kier molecular flexibility index (Phi) is 4.24. The maximum Gasteiger partial charge on any atom is 0.337 e. The summed E-state index contributed by atoms with van der Waals surface area (Å²) in [6.07, 6.45) is 1.80. The molecule has 0 radical (unpaired) electrons. The molecular formula is C14H13BrN2O3. The second kappa shape index (κ2) is 5.92. The van der Waals surface area contributed by atoms with Crippen molar-refractivity contribution >= 4 is 33.5 Å². The number of nitrogens with one attached hydrogen (secondary N) is 1. The average Bonchev–Trinajstić information content (AvgIpc) is 2.86. The van der Waals surface area contributed by atoms with Crippen molar-refractivity contribution in [3.63, 3.8) is 0 Å². The summed E-state index contributed by atoms with van der Waals surface area (Å²) in [5.74, 6) is -1.42. The highest BCUT2D eigenvalue weighted by Gasteiger charge is 2.15. The van der Waals surface area contributed by atoms with Gasteiger partial charge in [0.15, 0.2) is 0 Å². The van der Waals surface area contributed by atoms with Crippen LogP contribution in [0.15, 0.2) is 41.0 Å². The summed E-state index contributed by atoms with van der Waals surface area (Å²) >= 11 is 3.26. The molecule has 0 spiro atoms. The minimum Gasteiger partial charge on any atom is -0.478 e. The van der Waals surface area contributed by atoms with Crippen LogP contribution in [0.25, 0.3) is 0 Å². The first-order valence-corrected chi connectivity index (χ1v) is 6.81. The molecule has 104 valence electrons. The van der Waals surface area contributed by atoms with Crippen LogP contribution in [0.1, 0.15) is 27.8 Å². The van der Waals surface area contributed by atoms with E-state index in [1.165, 1.54) is 6.07 Å². The maximum atomic E-state index is 12.2. The first-order chi connectivity index (χ1) is 9.52. The molecule has 0 atom stereocenters. The number of hydrogen-bond acceptors (Lipinski definition) is 2. The Bertz CT molecular complexity index is 664. The highest BCUT2D eigenvalue weighted by atomic mass is 79.9. The van der Waals surface area contributed by atoms with E-state index >= 15 is 0 Å². The van der Waals surface area contributed by atoms with Crippen LogP contribution in [0.4, 0.5) is 5.69 Å². The number of rotatable bonds is 4. The number of carbonyl (C=O) groups is 2. The van der Waals surface area contributed by atoms with Gasteiger partial charge in [0.2, 0.25) is 0 Å². The molecule has 0 aliphatic carbocycles. The van der Waals surface area contributed by atoms with Crippen LogP contribution in [0, 0.1) is 0 Å². The molecule has 20 heavy (non-hydrogen) atoms. The number of aromatic carboxylic acids is 1. The molecule has 0 aliphatic heterocycles. The van der Waals surface area contributed by atoms with Crippen LogP contribution in [-0.4, -0.2) is 21.6 Å². The molecule has 1 aromatic heterocycles. The summed E-state index contributed by atoms with van der Waals surface area (Å²) in [6, 6.07) is 8.10. The number of carboxylic acids is 1. The van der Waals surface area contributed by atoms with E-state index in [1.807, 2.05) is 6.92 Å². The first-order valence-electron chi connectivity index (χ1n) is 6.02. The summed E-state index contributed by atoms with van der Waals surface area (Å²) in [7, 11) is 0. The zero-order valence-corrected chi connectivity index (χ0v) is 12.3. The van der Waals surface area contributed by atoms with E-state index in [0.717, 1.165) is 0 Å². The summed E-state index contributed by atoms with van der Waals surface area (Å²) in [5, 5.41) is 11.8. The van der Waals surface area contributed by atoms with Crippen LogP contribution >= 0.6 is 15.9 Å². The topological polar surface area (TPSA) is 71.3 Å². The number of aromatic nitrogens is 1. The third-order valence-electron chi connectivity index (χ3n) is 2.86. The van der Waals surface area contributed by atoms with Crippen molar-refractivity contribution in [3.8, 4) is 0 Å². The van der Waals surface area contributed by atoms with Gasteiger partial charge >= 0.3 is 5.97 Å². The van der Waals surface area contributed by atoms with Gasteiger partial charge in [-0.15, -0.1) is 0 Å². The summed E-state index contributed by atoms with van der Waals surface area (Å²) in [4.78, 5) is 23.4. The summed E-state index contributed by atoms with van der Waals surface area (Å²) in [6.45, 7) is 2.60. The third-order valence-corrected chi connectivity index (χ3v) is 3.36. The number of carboxylic acid groups (broad SMARTS) is 1. The molecule has 5 nitrogen and oxygen atoms in total. The van der Waals surface area contributed by atoms with Crippen molar-refractivity contribution in [3.05, 3.63) is 52.3 Å². The molecule has 0 fully saturated rings. The number of nitrogens with zero attached hydrogens (tertiary/aromatic N) is 1. The lowest BCUT2D eigenvalue weighted by atomic mass is 10.1. The molecule has 1 aromatic carbocycles. The highest BCUT2D eigenvalue weighted by Crippen LogP contribution is 2.22. The second-order valence-corrected chi connectivity index (χ2v) is 5.04. The first kappa shape index (κ1) is 14.3. The van der Waals surface area contributed by atoms with Gasteiger partial charge in [-0.3, -0.25) is 4.79 Å². The van der Waals surface area contributed by atoms with Gasteiger partial charge < -0.3 is 15.0 Å². The van der Waals surface area contributed by atoms with Crippen LogP contribution in [-0.2, 0) is 6.54 Å². The molecule has 2 rings (SSSR count). The quantitative estimate of drug-likeness (QED) is 0.900. The standard InChI is InChI=1S/C14H13BrN2O3/c1-2-17-7-3-4-12(17)13(18)16-11-8-9(15)5-6-10(11)14(19)20/h3-8H,2H2,1H3,(H,16,18)(H,19,20). The number of benzene rings is 1. The van der Waals surface area contributed by atoms with Crippen molar-refractivity contribution in [2.75, 3.05) is 5.32 Å². The van der Waals surface area contributed by atoms with Gasteiger partial charge in [-0.05, 0) is 37.3 Å². The van der Waals surface area contributed by atoms with E-state index in [0.29, 0.717) is 16.7 Å². The molecule has 0 saturated carbocycles. The normalized spacial score (nSPS) is 10.3. The average molecular weight is 337 g/mol. The minimum absolute atomic E-state index is 0.0520. The highest BCUT2D eigenvalue weighted by molar-refractivity contribution is 9.10. The zero-order valence-electron chi connectivity index (χ0n) is 10.8. The fourth-order valence-electron chi connectivity index (χ4n) is 1.89. The third kappa shape index (κ3) is 2.91. The van der Waals surface area contributed by atoms with Crippen molar-refractivity contribution in [2.24, 2.45) is 0 Å². The van der Waals surface area contributed by atoms with E-state index in [-0.39, 0.29) is 17.2 Å². The molecule has 0 aliphatic rings. The minimum atomic E-state index is -1.08. The Hall–Kier alpha value is -2.08. The van der Waals surface area contributed by atoms with Gasteiger partial charge in [0, 0.05) is 17.2 Å².